The van der Waals surface area contributed by atoms with Crippen LogP contribution in [0, 0.1) is 0 Å². The van der Waals surface area contributed by atoms with Gasteiger partial charge < -0.3 is 5.32 Å². The second-order valence-corrected chi connectivity index (χ2v) is 5.39. The summed E-state index contributed by atoms with van der Waals surface area (Å²) in [7, 11) is 0. The average Bonchev–Trinajstić information content (AvgIpc) is 2.42. The summed E-state index contributed by atoms with van der Waals surface area (Å²) in [5, 5.41) is 14.1. The third-order valence-electron chi connectivity index (χ3n) is 3.57. The van der Waals surface area contributed by atoms with Crippen molar-refractivity contribution in [1.82, 2.24) is 10.2 Å². The molecule has 0 saturated heterocycles. The van der Waals surface area contributed by atoms with Gasteiger partial charge in [-0.2, -0.15) is 5.10 Å². The Morgan fingerprint density at radius 2 is 2.00 bits per heavy atom. The van der Waals surface area contributed by atoms with E-state index in [9.17, 15) is 0 Å². The summed E-state index contributed by atoms with van der Waals surface area (Å²) in [5.41, 5.74) is 0. The van der Waals surface area contributed by atoms with Crippen molar-refractivity contribution in [2.75, 3.05) is 5.32 Å². The minimum atomic E-state index is 0.194. The van der Waals surface area contributed by atoms with Crippen LogP contribution >= 0.6 is 11.6 Å². The molecule has 0 radical (unpaired) electrons. The topological polar surface area (TPSA) is 37.8 Å². The molecule has 18 heavy (non-hydrogen) atoms. The van der Waals surface area contributed by atoms with E-state index in [1.165, 1.54) is 12.8 Å². The normalized spacial score (nSPS) is 24.1. The maximum atomic E-state index is 6.37. The summed E-state index contributed by atoms with van der Waals surface area (Å²) in [6, 6.07) is 8.46. The lowest BCUT2D eigenvalue weighted by molar-refractivity contribution is 0.468. The number of fused-ring (bicyclic) bond motifs is 1. The lowest BCUT2D eigenvalue weighted by Crippen LogP contribution is -2.33. The van der Waals surface area contributed by atoms with Crippen LogP contribution in [0.4, 0.5) is 5.82 Å². The summed E-state index contributed by atoms with van der Waals surface area (Å²) >= 11 is 6.37. The van der Waals surface area contributed by atoms with E-state index in [0.29, 0.717) is 6.04 Å². The molecule has 2 aromatic rings. The Morgan fingerprint density at radius 1 is 1.17 bits per heavy atom. The van der Waals surface area contributed by atoms with Crippen molar-refractivity contribution in [1.29, 1.82) is 0 Å². The number of hydrogen-bond donors (Lipinski definition) is 1. The van der Waals surface area contributed by atoms with Gasteiger partial charge in [0.1, 0.15) is 0 Å². The van der Waals surface area contributed by atoms with E-state index in [1.807, 2.05) is 18.2 Å². The molecule has 1 aromatic carbocycles. The van der Waals surface area contributed by atoms with E-state index in [-0.39, 0.29) is 5.38 Å². The van der Waals surface area contributed by atoms with E-state index >= 15 is 0 Å². The number of benzene rings is 1. The molecular weight excluding hydrogens is 246 g/mol. The fourth-order valence-electron chi connectivity index (χ4n) is 2.56. The molecule has 0 amide bonds. The Kier molecular flexibility index (Phi) is 3.33. The zero-order chi connectivity index (χ0) is 12.4. The first-order chi connectivity index (χ1) is 8.84. The van der Waals surface area contributed by atoms with Gasteiger partial charge in [0, 0.05) is 16.8 Å². The third kappa shape index (κ3) is 2.27. The number of halogens is 1. The van der Waals surface area contributed by atoms with Crippen molar-refractivity contribution in [3.8, 4) is 0 Å². The van der Waals surface area contributed by atoms with Crippen LogP contribution in [-0.4, -0.2) is 21.6 Å². The first-order valence-corrected chi connectivity index (χ1v) is 6.89. The highest BCUT2D eigenvalue weighted by Gasteiger charge is 2.23. The molecule has 1 aliphatic rings. The fourth-order valence-corrected chi connectivity index (χ4v) is 2.90. The quantitative estimate of drug-likeness (QED) is 0.840. The van der Waals surface area contributed by atoms with Crippen molar-refractivity contribution in [3.05, 3.63) is 30.5 Å². The van der Waals surface area contributed by atoms with Gasteiger partial charge in [-0.05, 0) is 12.8 Å². The fraction of sp³-hybridized carbons (Fsp3) is 0.429. The molecule has 1 aliphatic carbocycles. The molecule has 1 fully saturated rings. The number of hydrogen-bond acceptors (Lipinski definition) is 3. The number of alkyl halides is 1. The average molecular weight is 262 g/mol. The van der Waals surface area contributed by atoms with Crippen LogP contribution in [0.2, 0.25) is 0 Å². The largest absolute Gasteiger partial charge is 0.364 e. The summed E-state index contributed by atoms with van der Waals surface area (Å²) < 4.78 is 0. The molecule has 1 saturated carbocycles. The van der Waals surface area contributed by atoms with Gasteiger partial charge in [-0.15, -0.1) is 16.7 Å². The molecule has 4 heteroatoms. The Balaban J connectivity index is 1.90. The molecule has 2 atom stereocenters. The molecular formula is C14H16ClN3. The van der Waals surface area contributed by atoms with Gasteiger partial charge in [0.25, 0.3) is 0 Å². The predicted molar refractivity (Wildman–Crippen MR) is 75.1 cm³/mol. The van der Waals surface area contributed by atoms with E-state index in [0.717, 1.165) is 29.4 Å². The number of nitrogens with zero attached hydrogens (tertiary/aromatic N) is 2. The second-order valence-electron chi connectivity index (χ2n) is 4.83. The highest BCUT2D eigenvalue weighted by atomic mass is 35.5. The smallest absolute Gasteiger partial charge is 0.156 e. The number of rotatable bonds is 2. The van der Waals surface area contributed by atoms with E-state index in [1.54, 1.807) is 6.20 Å². The van der Waals surface area contributed by atoms with E-state index in [2.05, 4.69) is 21.6 Å². The molecule has 1 N–H and O–H groups in total. The maximum Gasteiger partial charge on any atom is 0.156 e. The Bertz CT molecular complexity index is 538. The molecule has 2 unspecified atom stereocenters. The Hall–Kier alpha value is -1.35. The van der Waals surface area contributed by atoms with Crippen LogP contribution in [0.5, 0.6) is 0 Å². The van der Waals surface area contributed by atoms with Crippen LogP contribution in [0.25, 0.3) is 10.8 Å². The van der Waals surface area contributed by atoms with Crippen molar-refractivity contribution in [2.24, 2.45) is 0 Å². The van der Waals surface area contributed by atoms with Crippen LogP contribution in [0.1, 0.15) is 25.7 Å². The zero-order valence-electron chi connectivity index (χ0n) is 10.1. The standard InChI is InChI=1S/C14H16ClN3/c15-12-7-3-4-8-13(12)17-14-11-6-2-1-5-10(11)9-16-18-14/h1-2,5-6,9,12-13H,3-4,7-8H2,(H,17,18). The van der Waals surface area contributed by atoms with Gasteiger partial charge in [0.15, 0.2) is 5.82 Å². The minimum absolute atomic E-state index is 0.194. The summed E-state index contributed by atoms with van der Waals surface area (Å²) in [6.07, 6.45) is 6.45. The SMILES string of the molecule is ClC1CCCCC1Nc1nncc2ccccc12. The molecule has 0 aliphatic heterocycles. The number of anilines is 1. The minimum Gasteiger partial charge on any atom is -0.364 e. The van der Waals surface area contributed by atoms with Gasteiger partial charge in [0.05, 0.1) is 11.6 Å². The van der Waals surface area contributed by atoms with Crippen LogP contribution in [0.15, 0.2) is 30.5 Å². The molecule has 0 spiro atoms. The zero-order valence-corrected chi connectivity index (χ0v) is 10.9. The molecule has 3 rings (SSSR count). The molecule has 1 heterocycles. The predicted octanol–water partition coefficient (Wildman–Crippen LogP) is 3.59. The number of nitrogens with one attached hydrogen (secondary N) is 1. The second kappa shape index (κ2) is 5.11. The number of aromatic nitrogens is 2. The van der Waals surface area contributed by atoms with Crippen molar-refractivity contribution in [2.45, 2.75) is 37.1 Å². The van der Waals surface area contributed by atoms with Crippen LogP contribution in [0.3, 0.4) is 0 Å². The van der Waals surface area contributed by atoms with E-state index < -0.39 is 0 Å². The van der Waals surface area contributed by atoms with Crippen molar-refractivity contribution in [3.63, 3.8) is 0 Å². The van der Waals surface area contributed by atoms with Gasteiger partial charge >= 0.3 is 0 Å². The summed E-state index contributed by atoms with van der Waals surface area (Å²) in [6.45, 7) is 0. The molecule has 0 bridgehead atoms. The first-order valence-electron chi connectivity index (χ1n) is 6.45. The molecule has 3 nitrogen and oxygen atoms in total. The Labute approximate surface area is 112 Å². The van der Waals surface area contributed by atoms with E-state index in [4.69, 9.17) is 11.6 Å². The summed E-state index contributed by atoms with van der Waals surface area (Å²) in [4.78, 5) is 0. The van der Waals surface area contributed by atoms with Crippen LogP contribution in [-0.2, 0) is 0 Å². The van der Waals surface area contributed by atoms with Gasteiger partial charge in [-0.25, -0.2) is 0 Å². The van der Waals surface area contributed by atoms with Crippen LogP contribution < -0.4 is 5.32 Å². The Morgan fingerprint density at radius 3 is 2.89 bits per heavy atom. The molecule has 94 valence electrons. The van der Waals surface area contributed by atoms with Gasteiger partial charge in [-0.1, -0.05) is 37.1 Å². The summed E-state index contributed by atoms with van der Waals surface area (Å²) in [5.74, 6) is 0.852. The highest BCUT2D eigenvalue weighted by molar-refractivity contribution is 6.21. The van der Waals surface area contributed by atoms with Crippen molar-refractivity contribution < 1.29 is 0 Å². The lowest BCUT2D eigenvalue weighted by Gasteiger charge is -2.28. The van der Waals surface area contributed by atoms with Gasteiger partial charge in [0.2, 0.25) is 0 Å². The lowest BCUT2D eigenvalue weighted by atomic mass is 9.95. The van der Waals surface area contributed by atoms with Gasteiger partial charge in [-0.3, -0.25) is 0 Å². The monoisotopic (exact) mass is 261 g/mol. The van der Waals surface area contributed by atoms with Crippen molar-refractivity contribution >= 4 is 28.2 Å². The maximum absolute atomic E-state index is 6.37. The molecule has 1 aromatic heterocycles. The third-order valence-corrected chi connectivity index (χ3v) is 4.10. The first kappa shape index (κ1) is 11.7. The highest BCUT2D eigenvalue weighted by Crippen LogP contribution is 2.27.